The van der Waals surface area contributed by atoms with E-state index in [0.717, 1.165) is 77.8 Å². The molecule has 2 saturated carbocycles. The zero-order chi connectivity index (χ0) is 100. The first-order valence-corrected chi connectivity index (χ1v) is 46.9. The van der Waals surface area contributed by atoms with E-state index in [1.165, 1.54) is 65.8 Å². The number of aliphatic hydroxyl groups is 1. The van der Waals surface area contributed by atoms with Gasteiger partial charge in [-0.05, 0) is 229 Å². The van der Waals surface area contributed by atoms with Crippen molar-refractivity contribution in [3.63, 3.8) is 0 Å². The average molecular weight is 1930 g/mol. The second kappa shape index (κ2) is 43.1. The molecule has 730 valence electrons. The normalized spacial score (nSPS) is 18.5. The van der Waals surface area contributed by atoms with E-state index < -0.39 is 99.6 Å². The zero-order valence-electron chi connectivity index (χ0n) is 79.0. The Morgan fingerprint density at radius 3 is 1.27 bits per heavy atom. The predicted molar refractivity (Wildman–Crippen MR) is 528 cm³/mol. The minimum atomic E-state index is -3.68. The smallest absolute Gasteiger partial charge is 0.411 e. The Morgan fingerprint density at radius 1 is 0.529 bits per heavy atom. The fraction of sp³-hybridized carbons (Fsp3) is 0.317. The molecular formula is C104H110F4N16O15S. The molecule has 3 aromatic heterocycles. The molecule has 0 radical (unpaired) electrons. The van der Waals surface area contributed by atoms with E-state index in [1.54, 1.807) is 83.1 Å². The summed E-state index contributed by atoms with van der Waals surface area (Å²) in [7, 11) is 1.12. The first-order chi connectivity index (χ1) is 66.7. The van der Waals surface area contributed by atoms with Crippen LogP contribution in [0, 0.1) is 39.0 Å². The summed E-state index contributed by atoms with van der Waals surface area (Å²) in [6, 6.07) is 45.5. The van der Waals surface area contributed by atoms with Gasteiger partial charge in [0.2, 0.25) is 24.1 Å². The van der Waals surface area contributed by atoms with Crippen LogP contribution < -0.4 is 58.6 Å². The minimum absolute atomic E-state index is 0.0303. The highest BCUT2D eigenvalue weighted by molar-refractivity contribution is 7.92. The van der Waals surface area contributed by atoms with Crippen molar-refractivity contribution in [3.05, 3.63) is 278 Å². The van der Waals surface area contributed by atoms with Gasteiger partial charge >= 0.3 is 18.3 Å². The Hall–Kier alpha value is -15.4. The van der Waals surface area contributed by atoms with Crippen LogP contribution >= 0.6 is 0 Å². The summed E-state index contributed by atoms with van der Waals surface area (Å²) >= 11 is 0. The first kappa shape index (κ1) is 101. The number of hydrogen-bond donors (Lipinski definition) is 10. The number of amides is 6. The fourth-order valence-corrected chi connectivity index (χ4v) is 18.9. The topological polar surface area (TPSA) is 423 Å². The lowest BCUT2D eigenvalue weighted by molar-refractivity contribution is -0.132. The Labute approximate surface area is 807 Å². The van der Waals surface area contributed by atoms with Crippen molar-refractivity contribution in [1.82, 2.24) is 29.7 Å². The summed E-state index contributed by atoms with van der Waals surface area (Å²) in [6.45, 7) is 20.8. The third-order valence-electron chi connectivity index (χ3n) is 24.7. The van der Waals surface area contributed by atoms with Crippen LogP contribution in [0.2, 0.25) is 0 Å². The number of halogens is 4. The van der Waals surface area contributed by atoms with Gasteiger partial charge in [0.1, 0.15) is 54.6 Å². The highest BCUT2D eigenvalue weighted by atomic mass is 32.2. The number of pyridine rings is 3. The van der Waals surface area contributed by atoms with Gasteiger partial charge in [-0.2, -0.15) is 0 Å². The number of likely N-dealkylation sites (N-methyl/N-ethyl adjacent to an activating group) is 3. The number of nitrogens with two attached hydrogens (primary N) is 3. The number of rotatable bonds is 15. The molecule has 8 aliphatic rings. The summed E-state index contributed by atoms with van der Waals surface area (Å²) in [5.74, 6) is -2.94. The molecular weight excluding hydrogens is 1820 g/mol. The van der Waals surface area contributed by atoms with Crippen LogP contribution in [0.1, 0.15) is 163 Å². The largest absolute Gasteiger partial charge is 0.487 e. The van der Waals surface area contributed by atoms with Crippen LogP contribution in [-0.2, 0) is 62.9 Å². The molecule has 2 aliphatic carbocycles. The van der Waals surface area contributed by atoms with Crippen LogP contribution in [0.25, 0.3) is 37.2 Å². The number of aromatic nitrogens is 3. The highest BCUT2D eigenvalue weighted by Gasteiger charge is 2.52. The van der Waals surface area contributed by atoms with E-state index in [2.05, 4.69) is 51.7 Å². The number of nitrogens with zero attached hydrogens (tertiary/aromatic N) is 7. The standard InChI is InChI=1S/C35H35FN6O4.C33H33F2N5O5S.C33H36FN5O5.C3H6O/c1-20-13-23-5-7-27(20)21(2)18-45-34(44)41-26-15-24(31(29(36)16-26)46-19-35(38-3)10-11-35)17-42(4)33(43)30(23)40-25-6-8-28-22(14-25)9-12-39-32(28)37;1-18-13-20-3-8-25(18)27(30(34)35)17-45-33(42)39-23-5-10-28(46(43,44)24-6-7-24)21(15-23)16-40(2)32(41)29(20)38-22-4-9-26-19(14-22)11-12-37-31(26)36;1-18-11-22-5-7-26(18)19(2)16-44-33(42)38-25-13-23(30(28(34)14-25)43-17-20(3)40)15-39(4)32(41)29(22)37-24-6-8-27-21(12-24)9-10-36-31(27)35;1-3(2)4/h5-9,12-16,21,30,40H,10-11,17-19H2,1-2,4H3,(H2,37,39)(H,41,44);3-5,8-15,24,27,29-30,38H,6-7,16-17H2,1-2H3,(H2,36,37)(H,39,42);5-14,19-20,29,37,40H,15-17H2,1-4H3,(H2,35,36)(H,38,42);1-2H3/t21-,30+;27-,29+;19-,20-,29+;/m000./s1. The molecule has 140 heavy (non-hydrogen) atoms. The molecule has 6 aliphatic heterocycles. The molecule has 31 nitrogen and oxygen atoms in total. The van der Waals surface area contributed by atoms with Crippen molar-refractivity contribution in [3.8, 4) is 11.5 Å². The molecule has 2 fully saturated rings. The molecule has 6 amide bonds. The quantitative estimate of drug-likeness (QED) is 0.0259. The number of fused-ring (bicyclic) bond motifs is 30. The number of carbonyl (C=O) groups excluding carboxylic acids is 7. The molecule has 9 heterocycles. The number of alkyl halides is 2. The summed E-state index contributed by atoms with van der Waals surface area (Å²) in [5.41, 5.74) is 27.5. The molecule has 9 aromatic carbocycles. The summed E-state index contributed by atoms with van der Waals surface area (Å²) in [4.78, 5) is 111. The third-order valence-corrected chi connectivity index (χ3v) is 27.1. The van der Waals surface area contributed by atoms with Gasteiger partial charge in [0, 0.05) is 158 Å². The predicted octanol–water partition coefficient (Wildman–Crippen LogP) is 18.5. The van der Waals surface area contributed by atoms with E-state index in [4.69, 9.17) is 47.5 Å². The molecule has 20 rings (SSSR count). The zero-order valence-corrected chi connectivity index (χ0v) is 79.8. The number of Topliss-reactive ketones (excluding diaryl/α,β-unsaturated/α-hetero) is 1. The average Bonchev–Trinajstić information content (AvgIpc) is 1.63. The van der Waals surface area contributed by atoms with Crippen LogP contribution in [0.5, 0.6) is 11.5 Å². The number of ketones is 1. The maximum atomic E-state index is 15.6. The molecule has 0 saturated heterocycles. The number of sulfone groups is 1. The SMILES string of the molecule is CC(C)=O.Cc1cc2ccc1[C@@H](C(F)F)COC(=O)Nc1ccc(S(=O)(=O)C3CC3)c(c1)CN(C)C(=O)[C@@H]2Nc1ccc2c(N)nccc2c1.Cc1cc2ccc1[C@@H](C)COC(=O)Nc1cc(F)c(OC[C@H](C)O)c(c1)CN(C)C(=O)[C@@H]2Nc1ccc2c(N)nccc2c1.[C-]#[N+]C1(COc2c(F)cc3cc2CN(C)C(=O)[C@H](Nc2ccc4c(N)nccc4c2)c2ccc(c(C)c2)[C@@H](C)COC(=O)N3)CC1. The Bertz CT molecular complexity index is 6940. The fourth-order valence-electron chi connectivity index (χ4n) is 17.0. The lowest BCUT2D eigenvalue weighted by Gasteiger charge is -2.28. The second-order valence-electron chi connectivity index (χ2n) is 36.1. The van der Waals surface area contributed by atoms with Crippen molar-refractivity contribution < 1.29 is 88.3 Å². The first-order valence-electron chi connectivity index (χ1n) is 45.4. The van der Waals surface area contributed by atoms with E-state index in [-0.39, 0.29) is 115 Å². The number of carbonyl (C=O) groups is 7. The maximum Gasteiger partial charge on any atom is 0.411 e. The van der Waals surface area contributed by atoms with Crippen LogP contribution in [0.15, 0.2) is 193 Å². The number of nitrogen functional groups attached to an aromatic ring is 3. The Morgan fingerprint density at radius 2 is 0.900 bits per heavy atom. The number of hydrogen-bond acceptors (Lipinski definition) is 24. The molecule has 13 N–H and O–H groups in total. The highest BCUT2D eigenvalue weighted by Crippen LogP contribution is 2.44. The van der Waals surface area contributed by atoms with E-state index in [0.29, 0.717) is 88.0 Å². The van der Waals surface area contributed by atoms with Crippen molar-refractivity contribution in [2.24, 2.45) is 0 Å². The van der Waals surface area contributed by atoms with Gasteiger partial charge in [-0.25, -0.2) is 61.9 Å². The van der Waals surface area contributed by atoms with Crippen LogP contribution in [-0.4, -0.2) is 162 Å². The van der Waals surface area contributed by atoms with Gasteiger partial charge in [0.15, 0.2) is 39.6 Å². The molecule has 36 heteroatoms. The molecule has 7 atom stereocenters. The van der Waals surface area contributed by atoms with Gasteiger partial charge in [0.25, 0.3) is 5.54 Å². The third kappa shape index (κ3) is 24.0. The second-order valence-corrected chi connectivity index (χ2v) is 38.3. The summed E-state index contributed by atoms with van der Waals surface area (Å²) < 4.78 is 114. The summed E-state index contributed by atoms with van der Waals surface area (Å²) in [6.07, 6.45) is 1.20. The van der Waals surface area contributed by atoms with Crippen LogP contribution in [0.3, 0.4) is 0 Å². The van der Waals surface area contributed by atoms with Crippen molar-refractivity contribution in [2.75, 3.05) is 103 Å². The van der Waals surface area contributed by atoms with E-state index in [9.17, 15) is 55.9 Å². The van der Waals surface area contributed by atoms with Gasteiger partial charge in [-0.3, -0.25) is 30.3 Å². The van der Waals surface area contributed by atoms with Crippen molar-refractivity contribution in [2.45, 2.75) is 165 Å². The van der Waals surface area contributed by atoms with Gasteiger partial charge in [-0.15, -0.1) is 0 Å². The van der Waals surface area contributed by atoms with Gasteiger partial charge < -0.3 is 86.3 Å². The molecule has 0 spiro atoms. The number of anilines is 9. The van der Waals surface area contributed by atoms with Crippen molar-refractivity contribution >= 4 is 136 Å². The molecule has 0 unspecified atom stereocenters. The number of ether oxygens (including phenoxy) is 5. The van der Waals surface area contributed by atoms with Gasteiger partial charge in [0.05, 0.1) is 35.4 Å². The number of benzene rings is 9. The number of aryl methyl sites for hydroxylation is 3. The van der Waals surface area contributed by atoms with Gasteiger partial charge in [-0.1, -0.05) is 68.4 Å². The Kier molecular flexibility index (Phi) is 31.0. The maximum absolute atomic E-state index is 15.6. The number of aliphatic hydroxyl groups excluding tert-OH is 1. The Balaban J connectivity index is 0.000000164. The lowest BCUT2D eigenvalue weighted by atomic mass is 9.92. The molecule has 12 aromatic rings. The van der Waals surface area contributed by atoms with E-state index in [1.807, 2.05) is 119 Å². The monoisotopic (exact) mass is 1930 g/mol. The minimum Gasteiger partial charge on any atom is -0.487 e. The lowest BCUT2D eigenvalue weighted by Crippen LogP contribution is -2.35. The number of nitrogens with one attached hydrogen (secondary N) is 6. The van der Waals surface area contributed by atoms with E-state index >= 15 is 8.78 Å². The van der Waals surface area contributed by atoms with Crippen LogP contribution in [0.4, 0.5) is 83.5 Å². The summed E-state index contributed by atoms with van der Waals surface area (Å²) in [5, 5.41) is 31.9. The molecule has 12 bridgehead atoms. The van der Waals surface area contributed by atoms with Crippen molar-refractivity contribution in [1.29, 1.82) is 0 Å².